The largest absolute Gasteiger partial charge is 0.507 e. The number of ketones is 1. The van der Waals surface area contributed by atoms with E-state index in [9.17, 15) is 19.5 Å². The first-order valence-electron chi connectivity index (χ1n) is 9.19. The summed E-state index contributed by atoms with van der Waals surface area (Å²) in [7, 11) is 1.32. The van der Waals surface area contributed by atoms with E-state index in [0.29, 0.717) is 16.8 Å². The van der Waals surface area contributed by atoms with E-state index < -0.39 is 18.5 Å². The lowest BCUT2D eigenvalue weighted by Crippen LogP contribution is -2.15. The number of hydrogen-bond donors (Lipinski definition) is 1. The minimum atomic E-state index is -0.770. The number of carbonyl (C=O) groups is 3. The fourth-order valence-electron chi connectivity index (χ4n) is 3.24. The topological polar surface area (TPSA) is 94.8 Å². The van der Waals surface area contributed by atoms with Gasteiger partial charge in [-0.25, -0.2) is 9.59 Å². The Kier molecular flexibility index (Phi) is 6.01. The predicted octanol–water partition coefficient (Wildman–Crippen LogP) is 3.63. The molecule has 1 aromatic heterocycles. The summed E-state index contributed by atoms with van der Waals surface area (Å²) in [5.74, 6) is -1.76. The number of ether oxygens (including phenoxy) is 2. The van der Waals surface area contributed by atoms with Gasteiger partial charge in [0.1, 0.15) is 11.3 Å². The maximum absolute atomic E-state index is 12.7. The molecule has 0 fully saturated rings. The Bertz CT molecular complexity index is 1110. The molecule has 3 rings (SSSR count). The lowest BCUT2D eigenvalue weighted by atomic mass is 10.1. The van der Waals surface area contributed by atoms with Crippen LogP contribution in [0.2, 0.25) is 0 Å². The molecule has 0 radical (unpaired) electrons. The molecule has 0 unspecified atom stereocenters. The summed E-state index contributed by atoms with van der Waals surface area (Å²) < 4.78 is 11.7. The van der Waals surface area contributed by atoms with Gasteiger partial charge in [0.15, 0.2) is 6.61 Å². The van der Waals surface area contributed by atoms with E-state index in [0.717, 1.165) is 11.4 Å². The van der Waals surface area contributed by atoms with Gasteiger partial charge in [0.05, 0.1) is 12.7 Å². The summed E-state index contributed by atoms with van der Waals surface area (Å²) >= 11 is 0. The third kappa shape index (κ3) is 4.10. The molecule has 1 N–H and O–H groups in total. The average Bonchev–Trinajstić information content (AvgIpc) is 3.05. The quantitative estimate of drug-likeness (QED) is 0.495. The van der Waals surface area contributed by atoms with E-state index >= 15 is 0 Å². The number of esters is 2. The van der Waals surface area contributed by atoms with Crippen molar-refractivity contribution in [3.05, 3.63) is 82.7 Å². The Balaban J connectivity index is 1.78. The van der Waals surface area contributed by atoms with Gasteiger partial charge < -0.3 is 19.1 Å². The smallest absolute Gasteiger partial charge is 0.342 e. The molecule has 3 aromatic rings. The second-order valence-corrected chi connectivity index (χ2v) is 6.68. The van der Waals surface area contributed by atoms with Crippen LogP contribution in [0.15, 0.2) is 54.6 Å². The standard InChI is InChI=1S/C23H21NO6/c1-14-12-19(21(26)13-30-23(28)18-6-4-5-7-20(18)25)15(2)24(14)17-10-8-16(9-11-17)22(27)29-3/h4-12,25H,13H2,1-3H3. The van der Waals surface area contributed by atoms with Crippen molar-refractivity contribution in [1.29, 1.82) is 0 Å². The van der Waals surface area contributed by atoms with E-state index in [4.69, 9.17) is 9.47 Å². The molecule has 7 heteroatoms. The molecule has 30 heavy (non-hydrogen) atoms. The highest BCUT2D eigenvalue weighted by Crippen LogP contribution is 2.22. The zero-order chi connectivity index (χ0) is 21.8. The predicted molar refractivity (Wildman–Crippen MR) is 109 cm³/mol. The van der Waals surface area contributed by atoms with E-state index in [1.807, 2.05) is 11.5 Å². The molecule has 2 aromatic carbocycles. The van der Waals surface area contributed by atoms with E-state index in [1.165, 1.54) is 19.2 Å². The molecule has 154 valence electrons. The Morgan fingerprint density at radius 1 is 0.933 bits per heavy atom. The van der Waals surface area contributed by atoms with Crippen LogP contribution in [0, 0.1) is 13.8 Å². The van der Waals surface area contributed by atoms with Crippen LogP contribution in [0.5, 0.6) is 5.75 Å². The van der Waals surface area contributed by atoms with Crippen LogP contribution in [0.1, 0.15) is 42.5 Å². The molecule has 0 amide bonds. The van der Waals surface area contributed by atoms with Gasteiger partial charge in [-0.3, -0.25) is 4.79 Å². The maximum Gasteiger partial charge on any atom is 0.342 e. The number of aromatic nitrogens is 1. The molecule has 0 aliphatic heterocycles. The highest BCUT2D eigenvalue weighted by atomic mass is 16.5. The summed E-state index contributed by atoms with van der Waals surface area (Å²) in [6.45, 7) is 3.20. The van der Waals surface area contributed by atoms with Gasteiger partial charge in [-0.15, -0.1) is 0 Å². The van der Waals surface area contributed by atoms with Crippen molar-refractivity contribution in [1.82, 2.24) is 4.57 Å². The first-order chi connectivity index (χ1) is 14.3. The molecule has 1 heterocycles. The number of methoxy groups -OCH3 is 1. The van der Waals surface area contributed by atoms with Gasteiger partial charge in [-0.1, -0.05) is 12.1 Å². The van der Waals surface area contributed by atoms with Crippen LogP contribution in [-0.2, 0) is 9.47 Å². The van der Waals surface area contributed by atoms with E-state index in [1.54, 1.807) is 49.4 Å². The van der Waals surface area contributed by atoms with E-state index in [2.05, 4.69) is 0 Å². The van der Waals surface area contributed by atoms with Gasteiger partial charge in [0.25, 0.3) is 0 Å². The summed E-state index contributed by atoms with van der Waals surface area (Å²) in [5.41, 5.74) is 3.13. The first-order valence-corrected chi connectivity index (χ1v) is 9.19. The minimum absolute atomic E-state index is 0.00136. The van der Waals surface area contributed by atoms with Crippen LogP contribution in [-0.4, -0.2) is 41.1 Å². The fraction of sp³-hybridized carbons (Fsp3) is 0.174. The molecule has 0 bridgehead atoms. The number of phenols is 1. The summed E-state index contributed by atoms with van der Waals surface area (Å²) in [5, 5.41) is 9.72. The molecule has 0 spiro atoms. The van der Waals surface area contributed by atoms with Crippen molar-refractivity contribution < 1.29 is 29.0 Å². The molecule has 0 aliphatic carbocycles. The summed E-state index contributed by atoms with van der Waals surface area (Å²) in [6.07, 6.45) is 0. The number of Topliss-reactive ketones (excluding diaryl/α,β-unsaturated/α-hetero) is 1. The normalized spacial score (nSPS) is 10.5. The Labute approximate surface area is 173 Å². The van der Waals surface area contributed by atoms with Crippen LogP contribution >= 0.6 is 0 Å². The number of para-hydroxylation sites is 1. The number of rotatable bonds is 6. The maximum atomic E-state index is 12.7. The fourth-order valence-corrected chi connectivity index (χ4v) is 3.24. The van der Waals surface area contributed by atoms with Crippen molar-refractivity contribution in [2.24, 2.45) is 0 Å². The van der Waals surface area contributed by atoms with Gasteiger partial charge >= 0.3 is 11.9 Å². The SMILES string of the molecule is COC(=O)c1ccc(-n2c(C)cc(C(=O)COC(=O)c3ccccc3O)c2C)cc1. The van der Waals surface area contributed by atoms with E-state index in [-0.39, 0.29) is 17.1 Å². The highest BCUT2D eigenvalue weighted by Gasteiger charge is 2.20. The van der Waals surface area contributed by atoms with Gasteiger partial charge in [0, 0.05) is 22.6 Å². The highest BCUT2D eigenvalue weighted by molar-refractivity contribution is 6.01. The molecule has 7 nitrogen and oxygen atoms in total. The monoisotopic (exact) mass is 407 g/mol. The second-order valence-electron chi connectivity index (χ2n) is 6.68. The van der Waals surface area contributed by atoms with Gasteiger partial charge in [-0.05, 0) is 56.3 Å². The number of benzene rings is 2. The molecular weight excluding hydrogens is 386 g/mol. The number of hydrogen-bond acceptors (Lipinski definition) is 6. The van der Waals surface area contributed by atoms with Crippen LogP contribution in [0.4, 0.5) is 0 Å². The third-order valence-electron chi connectivity index (χ3n) is 4.74. The lowest BCUT2D eigenvalue weighted by molar-refractivity contribution is 0.0471. The van der Waals surface area contributed by atoms with Crippen molar-refractivity contribution >= 4 is 17.7 Å². The zero-order valence-corrected chi connectivity index (χ0v) is 16.8. The Hall–Kier alpha value is -3.87. The van der Waals surface area contributed by atoms with Gasteiger partial charge in [-0.2, -0.15) is 0 Å². The minimum Gasteiger partial charge on any atom is -0.507 e. The Morgan fingerprint density at radius 2 is 1.60 bits per heavy atom. The number of nitrogens with zero attached hydrogens (tertiary/aromatic N) is 1. The number of aromatic hydroxyl groups is 1. The first kappa shape index (κ1) is 20.9. The summed E-state index contributed by atoms with van der Waals surface area (Å²) in [6, 6.07) is 14.5. The molecule has 0 atom stereocenters. The number of phenolic OH excluding ortho intramolecular Hbond substituents is 1. The van der Waals surface area contributed by atoms with Crippen molar-refractivity contribution in [3.8, 4) is 11.4 Å². The third-order valence-corrected chi connectivity index (χ3v) is 4.74. The van der Waals surface area contributed by atoms with Crippen molar-refractivity contribution in [2.45, 2.75) is 13.8 Å². The molecule has 0 aliphatic rings. The molecule has 0 saturated heterocycles. The Morgan fingerprint density at radius 3 is 2.23 bits per heavy atom. The average molecular weight is 407 g/mol. The molecule has 0 saturated carbocycles. The van der Waals surface area contributed by atoms with Crippen molar-refractivity contribution in [2.75, 3.05) is 13.7 Å². The lowest BCUT2D eigenvalue weighted by Gasteiger charge is -2.11. The molecular formula is C23H21NO6. The van der Waals surface area contributed by atoms with Crippen molar-refractivity contribution in [3.63, 3.8) is 0 Å². The number of carbonyl (C=O) groups excluding carboxylic acids is 3. The van der Waals surface area contributed by atoms with Crippen LogP contribution in [0.25, 0.3) is 5.69 Å². The summed E-state index contributed by atoms with van der Waals surface area (Å²) in [4.78, 5) is 36.4. The zero-order valence-electron chi connectivity index (χ0n) is 16.8. The second kappa shape index (κ2) is 8.65. The van der Waals surface area contributed by atoms with Crippen LogP contribution < -0.4 is 0 Å². The van der Waals surface area contributed by atoms with Crippen LogP contribution in [0.3, 0.4) is 0 Å². The van der Waals surface area contributed by atoms with Gasteiger partial charge in [0.2, 0.25) is 5.78 Å². The number of aryl methyl sites for hydroxylation is 1.